The Balaban J connectivity index is 2.13. The average molecular weight is 263 g/mol. The van der Waals surface area contributed by atoms with Gasteiger partial charge in [-0.2, -0.15) is 0 Å². The maximum Gasteiger partial charge on any atom is 0.169 e. The van der Waals surface area contributed by atoms with Crippen LogP contribution in [0.4, 0.5) is 5.82 Å². The third kappa shape index (κ3) is 2.79. The number of anilines is 1. The Bertz CT molecular complexity index is 512. The van der Waals surface area contributed by atoms with E-state index in [1.807, 2.05) is 18.3 Å². The Morgan fingerprint density at radius 3 is 2.94 bits per heavy atom. The van der Waals surface area contributed by atoms with E-state index in [4.69, 9.17) is 4.74 Å². The normalized spacial score (nSPS) is 12.2. The van der Waals surface area contributed by atoms with Crippen LogP contribution in [0.1, 0.15) is 29.8 Å². The van der Waals surface area contributed by atoms with Crippen molar-refractivity contribution in [3.05, 3.63) is 34.4 Å². The van der Waals surface area contributed by atoms with Crippen LogP contribution >= 0.6 is 11.3 Å². The maximum atomic E-state index is 5.27. The summed E-state index contributed by atoms with van der Waals surface area (Å²) < 4.78 is 5.27. The van der Waals surface area contributed by atoms with Crippen LogP contribution in [0, 0.1) is 0 Å². The molecule has 0 aliphatic rings. The van der Waals surface area contributed by atoms with Crippen molar-refractivity contribution >= 4 is 17.2 Å². The van der Waals surface area contributed by atoms with Gasteiger partial charge in [-0.3, -0.25) is 0 Å². The first-order valence-corrected chi connectivity index (χ1v) is 6.76. The van der Waals surface area contributed by atoms with Gasteiger partial charge in [0.15, 0.2) is 11.6 Å². The van der Waals surface area contributed by atoms with Gasteiger partial charge in [-0.25, -0.2) is 9.97 Å². The van der Waals surface area contributed by atoms with Crippen LogP contribution in [0.15, 0.2) is 24.5 Å². The first kappa shape index (κ1) is 12.8. The first-order valence-electron chi connectivity index (χ1n) is 5.94. The minimum absolute atomic E-state index is 0.124. The zero-order chi connectivity index (χ0) is 13.0. The van der Waals surface area contributed by atoms with E-state index in [0.29, 0.717) is 0 Å². The van der Waals surface area contributed by atoms with Gasteiger partial charge in [-0.05, 0) is 25.5 Å². The molecule has 2 aromatic rings. The maximum absolute atomic E-state index is 5.27. The lowest BCUT2D eigenvalue weighted by atomic mass is 10.3. The molecule has 96 valence electrons. The Labute approximate surface area is 111 Å². The topological polar surface area (TPSA) is 47.0 Å². The van der Waals surface area contributed by atoms with E-state index in [-0.39, 0.29) is 6.04 Å². The summed E-state index contributed by atoms with van der Waals surface area (Å²) in [7, 11) is 1.64. The summed E-state index contributed by atoms with van der Waals surface area (Å²) in [6.07, 6.45) is 4.71. The molecule has 0 bridgehead atoms. The summed E-state index contributed by atoms with van der Waals surface area (Å²) in [4.78, 5) is 10.0. The minimum Gasteiger partial charge on any atom is -0.493 e. The number of hydrogen-bond acceptors (Lipinski definition) is 5. The average Bonchev–Trinajstić information content (AvgIpc) is 2.88. The van der Waals surface area contributed by atoms with Crippen LogP contribution in [-0.4, -0.2) is 17.1 Å². The fraction of sp³-hybridized carbons (Fsp3) is 0.385. The number of hydrogen-bond donors (Lipinski definition) is 1. The van der Waals surface area contributed by atoms with E-state index < -0.39 is 0 Å². The van der Waals surface area contributed by atoms with Gasteiger partial charge in [0, 0.05) is 17.3 Å². The molecule has 0 aromatic carbocycles. The second-order valence-electron chi connectivity index (χ2n) is 3.94. The number of nitrogens with one attached hydrogen (secondary N) is 1. The van der Waals surface area contributed by atoms with Gasteiger partial charge < -0.3 is 10.1 Å². The molecule has 0 fully saturated rings. The van der Waals surface area contributed by atoms with Crippen LogP contribution in [0.2, 0.25) is 0 Å². The molecular formula is C13H17N3OS. The number of ether oxygens (including phenoxy) is 1. The van der Waals surface area contributed by atoms with Crippen molar-refractivity contribution in [2.75, 3.05) is 12.4 Å². The second-order valence-corrected chi connectivity index (χ2v) is 5.09. The quantitative estimate of drug-likeness (QED) is 0.899. The second kappa shape index (κ2) is 5.82. The molecule has 1 unspecified atom stereocenters. The highest BCUT2D eigenvalue weighted by Crippen LogP contribution is 2.27. The Morgan fingerprint density at radius 1 is 1.44 bits per heavy atom. The molecule has 2 heterocycles. The van der Waals surface area contributed by atoms with E-state index in [2.05, 4.69) is 29.1 Å². The predicted molar refractivity (Wildman–Crippen MR) is 74.3 cm³/mol. The summed E-state index contributed by atoms with van der Waals surface area (Å²) in [5.41, 5.74) is 0. The van der Waals surface area contributed by atoms with Crippen molar-refractivity contribution in [1.82, 2.24) is 9.97 Å². The van der Waals surface area contributed by atoms with Crippen molar-refractivity contribution in [1.29, 1.82) is 0 Å². The monoisotopic (exact) mass is 263 g/mol. The van der Waals surface area contributed by atoms with Gasteiger partial charge >= 0.3 is 0 Å². The summed E-state index contributed by atoms with van der Waals surface area (Å²) in [5.74, 6) is 1.50. The van der Waals surface area contributed by atoms with E-state index in [1.54, 1.807) is 24.6 Å². The van der Waals surface area contributed by atoms with Crippen molar-refractivity contribution in [3.8, 4) is 5.75 Å². The van der Waals surface area contributed by atoms with Gasteiger partial charge in [-0.1, -0.05) is 6.92 Å². The van der Waals surface area contributed by atoms with Crippen molar-refractivity contribution < 1.29 is 4.74 Å². The molecule has 2 rings (SSSR count). The van der Waals surface area contributed by atoms with Crippen LogP contribution < -0.4 is 10.1 Å². The van der Waals surface area contributed by atoms with Gasteiger partial charge in [0.2, 0.25) is 0 Å². The van der Waals surface area contributed by atoms with Crippen LogP contribution in [-0.2, 0) is 6.42 Å². The van der Waals surface area contributed by atoms with Crippen LogP contribution in [0.25, 0.3) is 0 Å². The molecule has 18 heavy (non-hydrogen) atoms. The number of rotatable bonds is 5. The molecule has 1 atom stereocenters. The highest BCUT2D eigenvalue weighted by Gasteiger charge is 2.12. The number of thiazole rings is 1. The molecule has 0 saturated carbocycles. The zero-order valence-electron chi connectivity index (χ0n) is 10.8. The molecule has 5 heteroatoms. The standard InChI is InChI=1S/C13H17N3OS/c1-4-10-8-15-13(18-10)9(2)16-12-11(17-3)6-5-7-14-12/h5-9H,4H2,1-3H3,(H,14,16). The van der Waals surface area contributed by atoms with Crippen LogP contribution in [0.5, 0.6) is 5.75 Å². The number of aromatic nitrogens is 2. The fourth-order valence-corrected chi connectivity index (χ4v) is 2.48. The number of nitrogens with zero attached hydrogens (tertiary/aromatic N) is 2. The van der Waals surface area contributed by atoms with Gasteiger partial charge in [0.1, 0.15) is 5.01 Å². The van der Waals surface area contributed by atoms with E-state index >= 15 is 0 Å². The number of pyridine rings is 1. The van der Waals surface area contributed by atoms with Crippen molar-refractivity contribution in [2.24, 2.45) is 0 Å². The highest BCUT2D eigenvalue weighted by molar-refractivity contribution is 7.11. The lowest BCUT2D eigenvalue weighted by molar-refractivity contribution is 0.414. The summed E-state index contributed by atoms with van der Waals surface area (Å²) >= 11 is 1.73. The number of methoxy groups -OCH3 is 1. The molecule has 0 amide bonds. The largest absolute Gasteiger partial charge is 0.493 e. The number of aryl methyl sites for hydroxylation is 1. The van der Waals surface area contributed by atoms with Crippen molar-refractivity contribution in [3.63, 3.8) is 0 Å². The summed E-state index contributed by atoms with van der Waals surface area (Å²) in [6, 6.07) is 3.87. The van der Waals surface area contributed by atoms with Gasteiger partial charge in [-0.15, -0.1) is 11.3 Å². The summed E-state index contributed by atoms with van der Waals surface area (Å²) in [5, 5.41) is 4.40. The Kier molecular flexibility index (Phi) is 4.15. The third-order valence-corrected chi connectivity index (χ3v) is 3.96. The molecule has 0 aliphatic carbocycles. The van der Waals surface area contributed by atoms with Gasteiger partial charge in [0.05, 0.1) is 13.2 Å². The third-order valence-electron chi connectivity index (χ3n) is 2.63. The summed E-state index contributed by atoms with van der Waals surface area (Å²) in [6.45, 7) is 4.21. The first-order chi connectivity index (χ1) is 8.74. The SMILES string of the molecule is CCc1cnc(C(C)Nc2ncccc2OC)s1. The van der Waals surface area contributed by atoms with Crippen LogP contribution in [0.3, 0.4) is 0 Å². The predicted octanol–water partition coefficient (Wildman–Crippen LogP) is 3.28. The molecular weight excluding hydrogens is 246 g/mol. The molecule has 0 aliphatic heterocycles. The lowest BCUT2D eigenvalue weighted by Crippen LogP contribution is -2.08. The minimum atomic E-state index is 0.124. The molecule has 0 radical (unpaired) electrons. The Morgan fingerprint density at radius 2 is 2.28 bits per heavy atom. The van der Waals surface area contributed by atoms with E-state index in [1.165, 1.54) is 4.88 Å². The van der Waals surface area contributed by atoms with Gasteiger partial charge in [0.25, 0.3) is 0 Å². The molecule has 4 nitrogen and oxygen atoms in total. The molecule has 0 saturated heterocycles. The van der Waals surface area contributed by atoms with Crippen molar-refractivity contribution in [2.45, 2.75) is 26.3 Å². The fourth-order valence-electron chi connectivity index (χ4n) is 1.62. The lowest BCUT2D eigenvalue weighted by Gasteiger charge is -2.14. The molecule has 1 N–H and O–H groups in total. The Hall–Kier alpha value is -1.62. The molecule has 0 spiro atoms. The smallest absolute Gasteiger partial charge is 0.169 e. The zero-order valence-corrected chi connectivity index (χ0v) is 11.6. The highest BCUT2D eigenvalue weighted by atomic mass is 32.1. The molecule has 2 aromatic heterocycles. The van der Waals surface area contributed by atoms with E-state index in [0.717, 1.165) is 23.0 Å². The van der Waals surface area contributed by atoms with E-state index in [9.17, 15) is 0 Å².